The maximum atomic E-state index is 2.47. The molecule has 15 heavy (non-hydrogen) atoms. The first-order valence-corrected chi connectivity index (χ1v) is 6.61. The van der Waals surface area contributed by atoms with Gasteiger partial charge in [-0.05, 0) is 47.8 Å². The van der Waals surface area contributed by atoms with E-state index < -0.39 is 0 Å². The SMILES string of the molecule is CC1C(CCC(C)(C)C)CC1C(C)(C)C. The molecule has 0 aromatic rings. The Morgan fingerprint density at radius 3 is 1.87 bits per heavy atom. The lowest BCUT2D eigenvalue weighted by Crippen LogP contribution is -2.42. The first-order valence-electron chi connectivity index (χ1n) is 6.61. The zero-order valence-electron chi connectivity index (χ0n) is 11.9. The van der Waals surface area contributed by atoms with E-state index >= 15 is 0 Å². The van der Waals surface area contributed by atoms with Crippen LogP contribution in [0.3, 0.4) is 0 Å². The van der Waals surface area contributed by atoms with Crippen molar-refractivity contribution in [2.45, 2.75) is 67.7 Å². The third-order valence-corrected chi connectivity index (χ3v) is 4.31. The number of hydrogen-bond acceptors (Lipinski definition) is 0. The minimum atomic E-state index is 0.520. The Kier molecular flexibility index (Phi) is 3.58. The van der Waals surface area contributed by atoms with Crippen LogP contribution in [0.4, 0.5) is 0 Å². The minimum Gasteiger partial charge on any atom is -0.0620 e. The molecule has 0 saturated heterocycles. The molecule has 0 aliphatic heterocycles. The summed E-state index contributed by atoms with van der Waals surface area (Å²) in [4.78, 5) is 0. The summed E-state index contributed by atoms with van der Waals surface area (Å²) in [6.45, 7) is 16.7. The van der Waals surface area contributed by atoms with Crippen LogP contribution < -0.4 is 0 Å². The predicted molar refractivity (Wildman–Crippen MR) is 68.9 cm³/mol. The van der Waals surface area contributed by atoms with Gasteiger partial charge in [-0.2, -0.15) is 0 Å². The van der Waals surface area contributed by atoms with E-state index in [0.717, 1.165) is 17.8 Å². The van der Waals surface area contributed by atoms with E-state index in [1.54, 1.807) is 0 Å². The highest BCUT2D eigenvalue weighted by atomic mass is 14.5. The fourth-order valence-electron chi connectivity index (χ4n) is 3.03. The van der Waals surface area contributed by atoms with Crippen LogP contribution in [0.15, 0.2) is 0 Å². The number of rotatable bonds is 2. The van der Waals surface area contributed by atoms with E-state index in [4.69, 9.17) is 0 Å². The van der Waals surface area contributed by atoms with Gasteiger partial charge in [-0.1, -0.05) is 48.5 Å². The smallest absolute Gasteiger partial charge is 0.0334 e. The third-order valence-electron chi connectivity index (χ3n) is 4.31. The molecule has 0 amide bonds. The van der Waals surface area contributed by atoms with Crippen LogP contribution in [0.25, 0.3) is 0 Å². The maximum Gasteiger partial charge on any atom is -0.0334 e. The van der Waals surface area contributed by atoms with Crippen molar-refractivity contribution in [3.05, 3.63) is 0 Å². The molecule has 0 aromatic heterocycles. The summed E-state index contributed by atoms with van der Waals surface area (Å²) >= 11 is 0. The van der Waals surface area contributed by atoms with Crippen molar-refractivity contribution in [3.8, 4) is 0 Å². The van der Waals surface area contributed by atoms with Crippen molar-refractivity contribution < 1.29 is 0 Å². The highest BCUT2D eigenvalue weighted by molar-refractivity contribution is 4.92. The third kappa shape index (κ3) is 3.50. The highest BCUT2D eigenvalue weighted by Gasteiger charge is 2.43. The molecule has 1 aliphatic rings. The van der Waals surface area contributed by atoms with Crippen molar-refractivity contribution in [1.29, 1.82) is 0 Å². The van der Waals surface area contributed by atoms with Crippen LogP contribution >= 0.6 is 0 Å². The normalized spacial score (nSPS) is 32.6. The zero-order chi connectivity index (χ0) is 11.9. The molecule has 3 unspecified atom stereocenters. The molecule has 0 heterocycles. The molecule has 0 aromatic carbocycles. The van der Waals surface area contributed by atoms with Gasteiger partial charge in [0.25, 0.3) is 0 Å². The Hall–Kier alpha value is 0. The molecule has 90 valence electrons. The van der Waals surface area contributed by atoms with Crippen LogP contribution in [0, 0.1) is 28.6 Å². The van der Waals surface area contributed by atoms with E-state index in [9.17, 15) is 0 Å². The summed E-state index contributed by atoms with van der Waals surface area (Å²) in [5.74, 6) is 2.92. The second-order valence-electron chi connectivity index (χ2n) is 7.93. The molecule has 0 radical (unpaired) electrons. The minimum absolute atomic E-state index is 0.520. The molecule has 0 bridgehead atoms. The van der Waals surface area contributed by atoms with Gasteiger partial charge in [0.05, 0.1) is 0 Å². The van der Waals surface area contributed by atoms with Crippen molar-refractivity contribution >= 4 is 0 Å². The Morgan fingerprint density at radius 1 is 1.00 bits per heavy atom. The van der Waals surface area contributed by atoms with E-state index in [2.05, 4.69) is 48.5 Å². The van der Waals surface area contributed by atoms with Gasteiger partial charge >= 0.3 is 0 Å². The van der Waals surface area contributed by atoms with Gasteiger partial charge in [-0.3, -0.25) is 0 Å². The van der Waals surface area contributed by atoms with Crippen molar-refractivity contribution in [3.63, 3.8) is 0 Å². The topological polar surface area (TPSA) is 0 Å². The molecular weight excluding hydrogens is 180 g/mol. The summed E-state index contributed by atoms with van der Waals surface area (Å²) in [5, 5.41) is 0. The van der Waals surface area contributed by atoms with Gasteiger partial charge in [0, 0.05) is 0 Å². The fraction of sp³-hybridized carbons (Fsp3) is 1.00. The van der Waals surface area contributed by atoms with Gasteiger partial charge in [-0.25, -0.2) is 0 Å². The lowest BCUT2D eigenvalue weighted by Gasteiger charge is -2.50. The molecule has 3 atom stereocenters. The Labute approximate surface area is 96.8 Å². The Balaban J connectivity index is 2.34. The first-order chi connectivity index (χ1) is 6.61. The molecule has 1 fully saturated rings. The van der Waals surface area contributed by atoms with Crippen molar-refractivity contribution in [2.75, 3.05) is 0 Å². The second-order valence-corrected chi connectivity index (χ2v) is 7.93. The predicted octanol–water partition coefficient (Wildman–Crippen LogP) is 5.13. The first kappa shape index (κ1) is 13.1. The molecule has 0 nitrogen and oxygen atoms in total. The van der Waals surface area contributed by atoms with Gasteiger partial charge < -0.3 is 0 Å². The Bertz CT molecular complexity index is 199. The van der Waals surface area contributed by atoms with Crippen LogP contribution in [-0.4, -0.2) is 0 Å². The van der Waals surface area contributed by atoms with E-state index in [0.29, 0.717) is 10.8 Å². The van der Waals surface area contributed by atoms with E-state index in [1.807, 2.05) is 0 Å². The molecule has 1 rings (SSSR count). The van der Waals surface area contributed by atoms with E-state index in [1.165, 1.54) is 19.3 Å². The quantitative estimate of drug-likeness (QED) is 0.592. The van der Waals surface area contributed by atoms with Gasteiger partial charge in [0.15, 0.2) is 0 Å². The second kappa shape index (κ2) is 4.11. The largest absolute Gasteiger partial charge is 0.0620 e. The van der Waals surface area contributed by atoms with Crippen molar-refractivity contribution in [2.24, 2.45) is 28.6 Å². The molecule has 1 aliphatic carbocycles. The Morgan fingerprint density at radius 2 is 1.53 bits per heavy atom. The van der Waals surface area contributed by atoms with Crippen LogP contribution in [0.5, 0.6) is 0 Å². The molecule has 0 N–H and O–H groups in total. The van der Waals surface area contributed by atoms with E-state index in [-0.39, 0.29) is 0 Å². The summed E-state index contributed by atoms with van der Waals surface area (Å²) in [5.41, 5.74) is 1.05. The summed E-state index contributed by atoms with van der Waals surface area (Å²) in [7, 11) is 0. The average molecular weight is 210 g/mol. The van der Waals surface area contributed by atoms with Crippen molar-refractivity contribution in [1.82, 2.24) is 0 Å². The summed E-state index contributed by atoms with van der Waals surface area (Å²) in [6.07, 6.45) is 4.30. The lowest BCUT2D eigenvalue weighted by molar-refractivity contribution is -0.00901. The monoisotopic (exact) mass is 210 g/mol. The summed E-state index contributed by atoms with van der Waals surface area (Å²) < 4.78 is 0. The van der Waals surface area contributed by atoms with Crippen LogP contribution in [0.1, 0.15) is 67.7 Å². The standard InChI is InChI=1S/C15H30/c1-11-12(8-9-14(2,3)4)10-13(11)15(5,6)7/h11-13H,8-10H2,1-7H3. The summed E-state index contributed by atoms with van der Waals surface area (Å²) in [6, 6.07) is 0. The maximum absolute atomic E-state index is 2.47. The zero-order valence-corrected chi connectivity index (χ0v) is 11.9. The van der Waals surface area contributed by atoms with Gasteiger partial charge in [0.1, 0.15) is 0 Å². The van der Waals surface area contributed by atoms with Crippen LogP contribution in [0.2, 0.25) is 0 Å². The highest BCUT2D eigenvalue weighted by Crippen LogP contribution is 2.51. The van der Waals surface area contributed by atoms with Gasteiger partial charge in [-0.15, -0.1) is 0 Å². The van der Waals surface area contributed by atoms with Gasteiger partial charge in [0.2, 0.25) is 0 Å². The molecule has 1 saturated carbocycles. The molecule has 0 spiro atoms. The van der Waals surface area contributed by atoms with Crippen LogP contribution in [-0.2, 0) is 0 Å². The lowest BCUT2D eigenvalue weighted by atomic mass is 9.55. The average Bonchev–Trinajstić information content (AvgIpc) is 1.96. The number of hydrogen-bond donors (Lipinski definition) is 0. The molecule has 0 heteroatoms. The fourth-order valence-corrected chi connectivity index (χ4v) is 3.03. The molecular formula is C15H30.